The van der Waals surface area contributed by atoms with Gasteiger partial charge in [0.2, 0.25) is 5.91 Å². The van der Waals surface area contributed by atoms with Crippen LogP contribution in [-0.4, -0.2) is 35.5 Å². The second kappa shape index (κ2) is 5.83. The molecule has 1 aromatic rings. The summed E-state index contributed by atoms with van der Waals surface area (Å²) in [5.41, 5.74) is 0. The number of carbonyl (C=O) groups is 1. The molecule has 108 valence electrons. The summed E-state index contributed by atoms with van der Waals surface area (Å²) in [6, 6.07) is 5.27. The van der Waals surface area contributed by atoms with Crippen LogP contribution in [0.3, 0.4) is 0 Å². The summed E-state index contributed by atoms with van der Waals surface area (Å²) in [6.07, 6.45) is 9.69. The van der Waals surface area contributed by atoms with E-state index in [1.807, 2.05) is 17.0 Å². The second-order valence-electron chi connectivity index (χ2n) is 5.74. The summed E-state index contributed by atoms with van der Waals surface area (Å²) in [4.78, 5) is 14.4. The summed E-state index contributed by atoms with van der Waals surface area (Å²) in [7, 11) is 0. The Balaban J connectivity index is 1.65. The van der Waals surface area contributed by atoms with E-state index >= 15 is 0 Å². The first kappa shape index (κ1) is 13.4. The highest BCUT2D eigenvalue weighted by Gasteiger charge is 2.36. The first-order chi connectivity index (χ1) is 9.76. The Bertz CT molecular complexity index is 469. The van der Waals surface area contributed by atoms with Gasteiger partial charge in [-0.25, -0.2) is 0 Å². The average Bonchev–Trinajstić information content (AvgIpc) is 3.07. The van der Waals surface area contributed by atoms with E-state index in [1.54, 1.807) is 18.4 Å². The second-order valence-corrected chi connectivity index (χ2v) is 5.74. The van der Waals surface area contributed by atoms with E-state index in [0.717, 1.165) is 25.1 Å². The van der Waals surface area contributed by atoms with Crippen molar-refractivity contribution in [3.8, 4) is 0 Å². The molecule has 1 N–H and O–H groups in total. The first-order valence-electron chi connectivity index (χ1n) is 7.54. The van der Waals surface area contributed by atoms with Crippen molar-refractivity contribution in [1.82, 2.24) is 10.2 Å². The molecule has 0 aliphatic carbocycles. The lowest BCUT2D eigenvalue weighted by Gasteiger charge is -2.36. The zero-order chi connectivity index (χ0) is 13.9. The molecule has 2 aliphatic rings. The van der Waals surface area contributed by atoms with Crippen LogP contribution >= 0.6 is 0 Å². The number of fused-ring (bicyclic) bond motifs is 2. The van der Waals surface area contributed by atoms with Crippen molar-refractivity contribution < 1.29 is 9.21 Å². The van der Waals surface area contributed by atoms with Gasteiger partial charge in [-0.3, -0.25) is 4.79 Å². The molecule has 1 aromatic heterocycles. The predicted octanol–water partition coefficient (Wildman–Crippen LogP) is 2.42. The molecule has 4 nitrogen and oxygen atoms in total. The lowest BCUT2D eigenvalue weighted by molar-refractivity contribution is -0.128. The molecule has 2 atom stereocenters. The van der Waals surface area contributed by atoms with E-state index in [4.69, 9.17) is 4.42 Å². The van der Waals surface area contributed by atoms with Crippen molar-refractivity contribution in [3.63, 3.8) is 0 Å². The fourth-order valence-corrected chi connectivity index (χ4v) is 3.51. The zero-order valence-corrected chi connectivity index (χ0v) is 11.9. The molecular formula is C16H22N2O2. The number of furan rings is 1. The van der Waals surface area contributed by atoms with Crippen LogP contribution in [0.4, 0.5) is 0 Å². The van der Waals surface area contributed by atoms with Crippen LogP contribution in [0.25, 0.3) is 6.08 Å². The number of hydrogen-bond donors (Lipinski definition) is 1. The number of rotatable bonds is 4. The summed E-state index contributed by atoms with van der Waals surface area (Å²) in [6.45, 7) is 2.83. The fraction of sp³-hybridized carbons (Fsp3) is 0.562. The topological polar surface area (TPSA) is 45.5 Å². The SMILES string of the molecule is CCN(C(=O)C=Cc1ccco1)C1CC2CCC(C1)N2. The normalized spacial score (nSPS) is 28.9. The molecular weight excluding hydrogens is 252 g/mol. The van der Waals surface area contributed by atoms with Gasteiger partial charge in [0.15, 0.2) is 0 Å². The molecule has 4 heteroatoms. The average molecular weight is 274 g/mol. The molecule has 2 unspecified atom stereocenters. The van der Waals surface area contributed by atoms with Crippen LogP contribution in [0.1, 0.15) is 38.4 Å². The van der Waals surface area contributed by atoms with Crippen molar-refractivity contribution in [1.29, 1.82) is 0 Å². The number of hydrogen-bond acceptors (Lipinski definition) is 3. The summed E-state index contributed by atoms with van der Waals surface area (Å²) < 4.78 is 5.22. The number of nitrogens with one attached hydrogen (secondary N) is 1. The van der Waals surface area contributed by atoms with Crippen LogP contribution < -0.4 is 5.32 Å². The molecule has 2 fully saturated rings. The molecule has 2 bridgehead atoms. The maximum absolute atomic E-state index is 12.4. The van der Waals surface area contributed by atoms with Gasteiger partial charge in [-0.05, 0) is 50.8 Å². The Kier molecular flexibility index (Phi) is 3.92. The Labute approximate surface area is 119 Å². The minimum atomic E-state index is 0.0928. The molecule has 2 aliphatic heterocycles. The lowest BCUT2D eigenvalue weighted by Crippen LogP contribution is -2.49. The van der Waals surface area contributed by atoms with E-state index in [-0.39, 0.29) is 5.91 Å². The van der Waals surface area contributed by atoms with E-state index in [9.17, 15) is 4.79 Å². The molecule has 2 saturated heterocycles. The molecule has 0 saturated carbocycles. The van der Waals surface area contributed by atoms with Crippen LogP contribution in [0.15, 0.2) is 28.9 Å². The number of carbonyl (C=O) groups excluding carboxylic acids is 1. The smallest absolute Gasteiger partial charge is 0.246 e. The Morgan fingerprint density at radius 3 is 2.80 bits per heavy atom. The van der Waals surface area contributed by atoms with Gasteiger partial charge in [-0.15, -0.1) is 0 Å². The Morgan fingerprint density at radius 1 is 1.45 bits per heavy atom. The number of piperidine rings is 1. The van der Waals surface area contributed by atoms with Crippen LogP contribution in [0.5, 0.6) is 0 Å². The van der Waals surface area contributed by atoms with Gasteiger partial charge in [-0.1, -0.05) is 0 Å². The third kappa shape index (κ3) is 2.80. The molecule has 0 spiro atoms. The highest BCUT2D eigenvalue weighted by atomic mass is 16.3. The standard InChI is InChI=1S/C16H22N2O2/c1-2-18(14-10-12-5-6-13(11-14)17-12)16(19)8-7-15-4-3-9-20-15/h3-4,7-9,12-14,17H,2,5-6,10-11H2,1H3. The van der Waals surface area contributed by atoms with Crippen molar-refractivity contribution >= 4 is 12.0 Å². The van der Waals surface area contributed by atoms with Crippen LogP contribution in [0, 0.1) is 0 Å². The fourth-order valence-electron chi connectivity index (χ4n) is 3.51. The number of amides is 1. The van der Waals surface area contributed by atoms with Crippen molar-refractivity contribution in [2.45, 2.75) is 50.7 Å². The largest absolute Gasteiger partial charge is 0.465 e. The summed E-state index contributed by atoms with van der Waals surface area (Å²) in [5.74, 6) is 0.815. The molecule has 1 amide bonds. The Hall–Kier alpha value is -1.55. The quantitative estimate of drug-likeness (QED) is 0.858. The molecule has 0 radical (unpaired) electrons. The minimum absolute atomic E-state index is 0.0928. The predicted molar refractivity (Wildman–Crippen MR) is 78.1 cm³/mol. The van der Waals surface area contributed by atoms with Crippen molar-refractivity contribution in [2.75, 3.05) is 6.54 Å². The van der Waals surface area contributed by atoms with Crippen LogP contribution in [-0.2, 0) is 4.79 Å². The molecule has 0 aromatic carbocycles. The van der Waals surface area contributed by atoms with E-state index in [1.165, 1.54) is 12.8 Å². The first-order valence-corrected chi connectivity index (χ1v) is 7.54. The van der Waals surface area contributed by atoms with Gasteiger partial charge in [0.1, 0.15) is 5.76 Å². The highest BCUT2D eigenvalue weighted by Crippen LogP contribution is 2.29. The van der Waals surface area contributed by atoms with E-state index in [2.05, 4.69) is 12.2 Å². The van der Waals surface area contributed by atoms with Gasteiger partial charge < -0.3 is 14.6 Å². The Morgan fingerprint density at radius 2 is 2.20 bits per heavy atom. The highest BCUT2D eigenvalue weighted by molar-refractivity contribution is 5.91. The van der Waals surface area contributed by atoms with Crippen LogP contribution in [0.2, 0.25) is 0 Å². The molecule has 20 heavy (non-hydrogen) atoms. The van der Waals surface area contributed by atoms with Gasteiger partial charge in [0.05, 0.1) is 6.26 Å². The van der Waals surface area contributed by atoms with Crippen molar-refractivity contribution in [3.05, 3.63) is 30.2 Å². The zero-order valence-electron chi connectivity index (χ0n) is 11.9. The van der Waals surface area contributed by atoms with E-state index < -0.39 is 0 Å². The number of nitrogens with zero attached hydrogens (tertiary/aromatic N) is 1. The third-order valence-corrected chi connectivity index (χ3v) is 4.45. The maximum atomic E-state index is 12.4. The summed E-state index contributed by atoms with van der Waals surface area (Å²) >= 11 is 0. The molecule has 3 rings (SSSR count). The van der Waals surface area contributed by atoms with Gasteiger partial charge >= 0.3 is 0 Å². The van der Waals surface area contributed by atoms with Crippen molar-refractivity contribution in [2.24, 2.45) is 0 Å². The lowest BCUT2D eigenvalue weighted by atomic mass is 9.98. The third-order valence-electron chi connectivity index (χ3n) is 4.45. The van der Waals surface area contributed by atoms with E-state index in [0.29, 0.717) is 18.1 Å². The maximum Gasteiger partial charge on any atom is 0.246 e. The van der Waals surface area contributed by atoms with Gasteiger partial charge in [0.25, 0.3) is 0 Å². The minimum Gasteiger partial charge on any atom is -0.465 e. The molecule has 3 heterocycles. The monoisotopic (exact) mass is 274 g/mol. The van der Waals surface area contributed by atoms with Gasteiger partial charge in [0, 0.05) is 30.7 Å². The van der Waals surface area contributed by atoms with Gasteiger partial charge in [-0.2, -0.15) is 0 Å². The number of likely N-dealkylation sites (N-methyl/N-ethyl adjacent to an activating group) is 1. The summed E-state index contributed by atoms with van der Waals surface area (Å²) in [5, 5.41) is 3.62.